The van der Waals surface area contributed by atoms with E-state index in [1.807, 2.05) is 0 Å². The van der Waals surface area contributed by atoms with Gasteiger partial charge in [-0.3, -0.25) is 9.59 Å². The van der Waals surface area contributed by atoms with Crippen LogP contribution in [0.25, 0.3) is 10.8 Å². The molecule has 1 N–H and O–H groups in total. The first-order valence-electron chi connectivity index (χ1n) is 7.75. The number of carbonyl (C=O) groups is 2. The molecule has 3 aromatic rings. The van der Waals surface area contributed by atoms with Crippen LogP contribution in [0.5, 0.6) is 0 Å². The molecule has 138 valence electrons. The third kappa shape index (κ3) is 3.94. The normalized spacial score (nSPS) is 10.6. The average molecular weight is 406 g/mol. The largest absolute Gasteiger partial charge is 0.451 e. The van der Waals surface area contributed by atoms with Crippen molar-refractivity contribution in [3.63, 3.8) is 0 Å². The topological polar surface area (TPSA) is 90.3 Å². The molecule has 0 saturated heterocycles. The number of para-hydroxylation sites is 1. The van der Waals surface area contributed by atoms with Gasteiger partial charge in [0.25, 0.3) is 11.5 Å². The van der Waals surface area contributed by atoms with Gasteiger partial charge in [-0.05, 0) is 18.2 Å². The van der Waals surface area contributed by atoms with Crippen molar-refractivity contribution in [3.8, 4) is 0 Å². The fourth-order valence-corrected chi connectivity index (χ4v) is 2.93. The molecule has 1 heterocycles. The van der Waals surface area contributed by atoms with E-state index in [1.165, 1.54) is 7.05 Å². The fourth-order valence-electron chi connectivity index (χ4n) is 2.44. The molecule has 3 rings (SSSR count). The molecule has 0 spiro atoms. The first kappa shape index (κ1) is 18.9. The number of rotatable bonds is 4. The van der Waals surface area contributed by atoms with Crippen molar-refractivity contribution in [1.29, 1.82) is 0 Å². The highest BCUT2D eigenvalue weighted by Crippen LogP contribution is 2.29. The Morgan fingerprint density at radius 2 is 1.70 bits per heavy atom. The zero-order valence-corrected chi connectivity index (χ0v) is 15.5. The predicted molar refractivity (Wildman–Crippen MR) is 102 cm³/mol. The van der Waals surface area contributed by atoms with Crippen molar-refractivity contribution < 1.29 is 14.3 Å². The average Bonchev–Trinajstić information content (AvgIpc) is 2.66. The van der Waals surface area contributed by atoms with Gasteiger partial charge in [0, 0.05) is 12.4 Å². The zero-order valence-electron chi connectivity index (χ0n) is 14.0. The summed E-state index contributed by atoms with van der Waals surface area (Å²) in [7, 11) is 1.43. The van der Waals surface area contributed by atoms with Crippen molar-refractivity contribution in [3.05, 3.63) is 68.6 Å². The number of aromatic nitrogens is 2. The summed E-state index contributed by atoms with van der Waals surface area (Å²) in [5, 5.41) is 7.62. The fraction of sp³-hybridized carbons (Fsp3) is 0.111. The quantitative estimate of drug-likeness (QED) is 0.673. The number of hydrogen-bond acceptors (Lipinski definition) is 5. The minimum atomic E-state index is -0.831. The second kappa shape index (κ2) is 7.77. The minimum absolute atomic E-state index is 0.0590. The number of benzene rings is 2. The molecule has 0 aliphatic heterocycles. The lowest BCUT2D eigenvalue weighted by Crippen LogP contribution is -2.26. The zero-order chi connectivity index (χ0) is 19.6. The summed E-state index contributed by atoms with van der Waals surface area (Å²) in [5.74, 6) is -1.45. The Hall–Kier alpha value is -2.90. The lowest BCUT2D eigenvalue weighted by molar-refractivity contribution is -0.119. The molecule has 0 bridgehead atoms. The van der Waals surface area contributed by atoms with Gasteiger partial charge in [-0.25, -0.2) is 9.48 Å². The molecule has 0 atom stereocenters. The van der Waals surface area contributed by atoms with Gasteiger partial charge >= 0.3 is 5.97 Å². The lowest BCUT2D eigenvalue weighted by atomic mass is 10.1. The van der Waals surface area contributed by atoms with Gasteiger partial charge in [0.2, 0.25) is 0 Å². The number of nitrogens with one attached hydrogen (secondary N) is 1. The van der Waals surface area contributed by atoms with E-state index in [-0.39, 0.29) is 27.0 Å². The number of anilines is 1. The minimum Gasteiger partial charge on any atom is -0.451 e. The Bertz CT molecular complexity index is 1090. The monoisotopic (exact) mass is 405 g/mol. The van der Waals surface area contributed by atoms with Crippen LogP contribution in [-0.2, 0) is 16.6 Å². The van der Waals surface area contributed by atoms with Crippen LogP contribution in [0.15, 0.2) is 47.3 Å². The van der Waals surface area contributed by atoms with Crippen molar-refractivity contribution in [1.82, 2.24) is 9.78 Å². The number of halogens is 2. The van der Waals surface area contributed by atoms with Gasteiger partial charge in [0.1, 0.15) is 0 Å². The molecule has 1 aromatic heterocycles. The SMILES string of the molecule is Cn1nc(C(=O)OCC(=O)Nc2c(Cl)cccc2Cl)c2ccccc2c1=O. The van der Waals surface area contributed by atoms with E-state index in [2.05, 4.69) is 10.4 Å². The maximum atomic E-state index is 12.4. The molecule has 1 amide bonds. The Morgan fingerprint density at radius 1 is 1.07 bits per heavy atom. The van der Waals surface area contributed by atoms with Crippen LogP contribution in [0.1, 0.15) is 10.5 Å². The van der Waals surface area contributed by atoms with Crippen LogP contribution in [0.4, 0.5) is 5.69 Å². The van der Waals surface area contributed by atoms with E-state index in [9.17, 15) is 14.4 Å². The third-order valence-electron chi connectivity index (χ3n) is 3.71. The number of carbonyl (C=O) groups excluding carboxylic acids is 2. The van der Waals surface area contributed by atoms with Crippen molar-refractivity contribution in [2.75, 3.05) is 11.9 Å². The molecule has 0 unspecified atom stereocenters. The maximum Gasteiger partial charge on any atom is 0.359 e. The molecule has 0 radical (unpaired) electrons. The number of fused-ring (bicyclic) bond motifs is 1. The second-order valence-electron chi connectivity index (χ2n) is 5.54. The summed E-state index contributed by atoms with van der Waals surface area (Å²) >= 11 is 12.0. The molecule has 0 saturated carbocycles. The molecule has 0 fully saturated rings. The highest BCUT2D eigenvalue weighted by molar-refractivity contribution is 6.39. The van der Waals surface area contributed by atoms with E-state index >= 15 is 0 Å². The number of esters is 1. The summed E-state index contributed by atoms with van der Waals surface area (Å²) in [6.45, 7) is -0.570. The van der Waals surface area contributed by atoms with Crippen molar-refractivity contribution in [2.24, 2.45) is 7.05 Å². The first-order chi connectivity index (χ1) is 12.9. The smallest absolute Gasteiger partial charge is 0.359 e. The van der Waals surface area contributed by atoms with E-state index in [4.69, 9.17) is 27.9 Å². The number of aryl methyl sites for hydroxylation is 1. The van der Waals surface area contributed by atoms with Crippen LogP contribution in [0.2, 0.25) is 10.0 Å². The van der Waals surface area contributed by atoms with Crippen LogP contribution >= 0.6 is 23.2 Å². The van der Waals surface area contributed by atoms with E-state index in [0.717, 1.165) is 4.68 Å². The number of ether oxygens (including phenoxy) is 1. The molecule has 27 heavy (non-hydrogen) atoms. The van der Waals surface area contributed by atoms with E-state index < -0.39 is 18.5 Å². The standard InChI is InChI=1S/C18H13Cl2N3O4/c1-23-17(25)11-6-3-2-5-10(11)15(22-23)18(26)27-9-14(24)21-16-12(19)7-4-8-13(16)20/h2-8H,9H2,1H3,(H,21,24). The molecule has 9 heteroatoms. The van der Waals surface area contributed by atoms with Gasteiger partial charge in [-0.15, -0.1) is 0 Å². The van der Waals surface area contributed by atoms with Gasteiger partial charge in [0.05, 0.1) is 21.1 Å². The van der Waals surface area contributed by atoms with Crippen LogP contribution in [0, 0.1) is 0 Å². The summed E-state index contributed by atoms with van der Waals surface area (Å²) in [5.41, 5.74) is -0.169. The molecule has 2 aromatic carbocycles. The highest BCUT2D eigenvalue weighted by Gasteiger charge is 2.18. The molecule has 0 aliphatic carbocycles. The summed E-state index contributed by atoms with van der Waals surface area (Å²) in [6, 6.07) is 11.3. The van der Waals surface area contributed by atoms with Crippen LogP contribution in [0.3, 0.4) is 0 Å². The Balaban J connectivity index is 1.77. The third-order valence-corrected chi connectivity index (χ3v) is 4.34. The first-order valence-corrected chi connectivity index (χ1v) is 8.51. The Labute approximate surface area is 163 Å². The maximum absolute atomic E-state index is 12.4. The lowest BCUT2D eigenvalue weighted by Gasteiger charge is -2.10. The summed E-state index contributed by atoms with van der Waals surface area (Å²) in [6.07, 6.45) is 0. The molecular weight excluding hydrogens is 393 g/mol. The van der Waals surface area contributed by atoms with Crippen molar-refractivity contribution >= 4 is 51.5 Å². The summed E-state index contributed by atoms with van der Waals surface area (Å²) < 4.78 is 6.07. The van der Waals surface area contributed by atoms with Gasteiger partial charge < -0.3 is 10.1 Å². The second-order valence-corrected chi connectivity index (χ2v) is 6.36. The van der Waals surface area contributed by atoms with Gasteiger partial charge in [-0.1, -0.05) is 47.5 Å². The Morgan fingerprint density at radius 3 is 2.37 bits per heavy atom. The highest BCUT2D eigenvalue weighted by atomic mass is 35.5. The number of amides is 1. The summed E-state index contributed by atoms with van der Waals surface area (Å²) in [4.78, 5) is 36.5. The van der Waals surface area contributed by atoms with Crippen LogP contribution < -0.4 is 10.9 Å². The van der Waals surface area contributed by atoms with Gasteiger partial charge in [0.15, 0.2) is 12.3 Å². The molecule has 0 aliphatic rings. The van der Waals surface area contributed by atoms with Crippen LogP contribution in [-0.4, -0.2) is 28.3 Å². The number of nitrogens with zero attached hydrogens (tertiary/aromatic N) is 2. The Kier molecular flexibility index (Phi) is 5.43. The molecule has 7 nitrogen and oxygen atoms in total. The van der Waals surface area contributed by atoms with Gasteiger partial charge in [-0.2, -0.15) is 5.10 Å². The predicted octanol–water partition coefficient (Wildman–Crippen LogP) is 3.04. The van der Waals surface area contributed by atoms with Crippen molar-refractivity contribution in [2.45, 2.75) is 0 Å². The molecular formula is C18H13Cl2N3O4. The van der Waals surface area contributed by atoms with E-state index in [0.29, 0.717) is 10.8 Å². The van der Waals surface area contributed by atoms with E-state index in [1.54, 1.807) is 42.5 Å². The number of hydrogen-bond donors (Lipinski definition) is 1.